The second-order valence-electron chi connectivity index (χ2n) is 4.65. The number of benzene rings is 1. The van der Waals surface area contributed by atoms with Crippen molar-refractivity contribution in [2.24, 2.45) is 0 Å². The number of nitrogens with one attached hydrogen (secondary N) is 2. The monoisotopic (exact) mass is 204 g/mol. The Morgan fingerprint density at radius 1 is 1.20 bits per heavy atom. The van der Waals surface area contributed by atoms with Gasteiger partial charge >= 0.3 is 0 Å². The summed E-state index contributed by atoms with van der Waals surface area (Å²) in [6.45, 7) is 5.59. The number of piperidine rings is 1. The van der Waals surface area contributed by atoms with Gasteiger partial charge in [0.1, 0.15) is 0 Å². The fourth-order valence-electron chi connectivity index (χ4n) is 2.07. The maximum atomic E-state index is 3.67. The highest BCUT2D eigenvalue weighted by atomic mass is 15.0. The highest BCUT2D eigenvalue weighted by Gasteiger charge is 2.25. The van der Waals surface area contributed by atoms with E-state index in [0.29, 0.717) is 5.54 Å². The van der Waals surface area contributed by atoms with Gasteiger partial charge in [-0.05, 0) is 38.4 Å². The molecule has 0 radical (unpaired) electrons. The number of hydrogen-bond acceptors (Lipinski definition) is 2. The van der Waals surface area contributed by atoms with E-state index in [9.17, 15) is 0 Å². The van der Waals surface area contributed by atoms with Gasteiger partial charge < -0.3 is 10.6 Å². The molecule has 0 bridgehead atoms. The first kappa shape index (κ1) is 10.7. The molecule has 1 fully saturated rings. The normalized spacial score (nSPS) is 20.1. The number of hydrogen-bond donors (Lipinski definition) is 2. The van der Waals surface area contributed by atoms with E-state index in [1.807, 2.05) is 0 Å². The molecule has 1 aliphatic rings. The lowest BCUT2D eigenvalue weighted by Crippen LogP contribution is -2.49. The standard InChI is InChI=1S/C13H20N2/c1-13(7-9-14-10-8-13)15-11-12-5-3-2-4-6-12/h2-6,14-15H,7-11H2,1H3. The van der Waals surface area contributed by atoms with Crippen molar-refractivity contribution < 1.29 is 0 Å². The maximum absolute atomic E-state index is 3.67. The van der Waals surface area contributed by atoms with Gasteiger partial charge in [0.25, 0.3) is 0 Å². The van der Waals surface area contributed by atoms with E-state index in [-0.39, 0.29) is 0 Å². The van der Waals surface area contributed by atoms with Crippen LogP contribution in [0.25, 0.3) is 0 Å². The molecule has 82 valence electrons. The van der Waals surface area contributed by atoms with Crippen LogP contribution in [0.4, 0.5) is 0 Å². The van der Waals surface area contributed by atoms with Crippen LogP contribution in [0, 0.1) is 0 Å². The van der Waals surface area contributed by atoms with Gasteiger partial charge in [-0.15, -0.1) is 0 Å². The second-order valence-corrected chi connectivity index (χ2v) is 4.65. The molecule has 0 spiro atoms. The van der Waals surface area contributed by atoms with Gasteiger partial charge in [0.05, 0.1) is 0 Å². The summed E-state index contributed by atoms with van der Waals surface area (Å²) in [7, 11) is 0. The van der Waals surface area contributed by atoms with Crippen LogP contribution in [-0.2, 0) is 6.54 Å². The second kappa shape index (κ2) is 4.77. The smallest absolute Gasteiger partial charge is 0.0210 e. The van der Waals surface area contributed by atoms with Gasteiger partial charge in [0.2, 0.25) is 0 Å². The molecule has 0 saturated carbocycles. The Morgan fingerprint density at radius 2 is 1.87 bits per heavy atom. The van der Waals surface area contributed by atoms with Crippen molar-refractivity contribution in [3.8, 4) is 0 Å². The van der Waals surface area contributed by atoms with E-state index in [2.05, 4.69) is 47.9 Å². The molecule has 0 aliphatic carbocycles. The van der Waals surface area contributed by atoms with Crippen LogP contribution < -0.4 is 10.6 Å². The Labute approximate surface area is 92.1 Å². The minimum Gasteiger partial charge on any atom is -0.317 e. The fourth-order valence-corrected chi connectivity index (χ4v) is 2.07. The van der Waals surface area contributed by atoms with Crippen LogP contribution in [0.3, 0.4) is 0 Å². The molecule has 0 unspecified atom stereocenters. The van der Waals surface area contributed by atoms with E-state index < -0.39 is 0 Å². The minimum absolute atomic E-state index is 0.321. The Morgan fingerprint density at radius 3 is 2.53 bits per heavy atom. The Kier molecular flexibility index (Phi) is 3.39. The van der Waals surface area contributed by atoms with Crippen molar-refractivity contribution in [3.63, 3.8) is 0 Å². The largest absolute Gasteiger partial charge is 0.317 e. The first-order valence-corrected chi connectivity index (χ1v) is 5.78. The summed E-state index contributed by atoms with van der Waals surface area (Å²) in [5.74, 6) is 0. The predicted molar refractivity (Wildman–Crippen MR) is 63.8 cm³/mol. The lowest BCUT2D eigenvalue weighted by molar-refractivity contribution is 0.265. The average molecular weight is 204 g/mol. The van der Waals surface area contributed by atoms with Crippen molar-refractivity contribution in [2.75, 3.05) is 13.1 Å². The van der Waals surface area contributed by atoms with Gasteiger partial charge in [-0.2, -0.15) is 0 Å². The SMILES string of the molecule is CC1(NCc2ccccc2)CCNCC1. The third-order valence-electron chi connectivity index (χ3n) is 3.27. The molecule has 2 nitrogen and oxygen atoms in total. The molecule has 0 aromatic heterocycles. The summed E-state index contributed by atoms with van der Waals surface area (Å²) in [6, 6.07) is 10.6. The molecule has 15 heavy (non-hydrogen) atoms. The summed E-state index contributed by atoms with van der Waals surface area (Å²) >= 11 is 0. The first-order valence-electron chi connectivity index (χ1n) is 5.78. The van der Waals surface area contributed by atoms with Gasteiger partial charge in [-0.1, -0.05) is 30.3 Å². The van der Waals surface area contributed by atoms with Gasteiger partial charge in [0, 0.05) is 12.1 Å². The van der Waals surface area contributed by atoms with Crippen molar-refractivity contribution in [3.05, 3.63) is 35.9 Å². The molecule has 1 aromatic carbocycles. The molecule has 0 amide bonds. The maximum Gasteiger partial charge on any atom is 0.0210 e. The summed E-state index contributed by atoms with van der Waals surface area (Å²) in [5, 5.41) is 7.07. The van der Waals surface area contributed by atoms with Crippen LogP contribution >= 0.6 is 0 Å². The fraction of sp³-hybridized carbons (Fsp3) is 0.538. The van der Waals surface area contributed by atoms with E-state index in [1.54, 1.807) is 0 Å². The summed E-state index contributed by atoms with van der Waals surface area (Å²) in [4.78, 5) is 0. The molecule has 1 aliphatic heterocycles. The highest BCUT2D eigenvalue weighted by molar-refractivity contribution is 5.14. The van der Waals surface area contributed by atoms with Crippen LogP contribution in [-0.4, -0.2) is 18.6 Å². The number of rotatable bonds is 3. The summed E-state index contributed by atoms with van der Waals surface area (Å²) in [5.41, 5.74) is 1.69. The zero-order valence-electron chi connectivity index (χ0n) is 9.42. The van der Waals surface area contributed by atoms with Crippen LogP contribution in [0.5, 0.6) is 0 Å². The van der Waals surface area contributed by atoms with Crippen molar-refractivity contribution in [1.82, 2.24) is 10.6 Å². The topological polar surface area (TPSA) is 24.1 Å². The minimum atomic E-state index is 0.321. The Bertz CT molecular complexity index is 289. The molecule has 1 saturated heterocycles. The Hall–Kier alpha value is -0.860. The molecule has 2 N–H and O–H groups in total. The zero-order chi connectivity index (χ0) is 10.6. The van der Waals surface area contributed by atoms with Crippen molar-refractivity contribution in [2.45, 2.75) is 31.8 Å². The van der Waals surface area contributed by atoms with Gasteiger partial charge in [-0.3, -0.25) is 0 Å². The molecular weight excluding hydrogens is 184 g/mol. The van der Waals surface area contributed by atoms with E-state index in [4.69, 9.17) is 0 Å². The van der Waals surface area contributed by atoms with Crippen LogP contribution in [0.2, 0.25) is 0 Å². The zero-order valence-corrected chi connectivity index (χ0v) is 9.42. The van der Waals surface area contributed by atoms with Crippen LogP contribution in [0.1, 0.15) is 25.3 Å². The highest BCUT2D eigenvalue weighted by Crippen LogP contribution is 2.17. The molecule has 2 rings (SSSR count). The third kappa shape index (κ3) is 3.05. The average Bonchev–Trinajstić information content (AvgIpc) is 2.29. The van der Waals surface area contributed by atoms with E-state index >= 15 is 0 Å². The van der Waals surface area contributed by atoms with Gasteiger partial charge in [-0.25, -0.2) is 0 Å². The quantitative estimate of drug-likeness (QED) is 0.786. The lowest BCUT2D eigenvalue weighted by Gasteiger charge is -2.35. The van der Waals surface area contributed by atoms with Crippen LogP contribution in [0.15, 0.2) is 30.3 Å². The summed E-state index contributed by atoms with van der Waals surface area (Å²) in [6.07, 6.45) is 2.44. The molecule has 1 heterocycles. The van der Waals surface area contributed by atoms with Crippen molar-refractivity contribution >= 4 is 0 Å². The third-order valence-corrected chi connectivity index (χ3v) is 3.27. The molecule has 2 heteroatoms. The first-order chi connectivity index (χ1) is 7.29. The van der Waals surface area contributed by atoms with E-state index in [0.717, 1.165) is 19.6 Å². The van der Waals surface area contributed by atoms with Gasteiger partial charge in [0.15, 0.2) is 0 Å². The lowest BCUT2D eigenvalue weighted by atomic mass is 9.90. The summed E-state index contributed by atoms with van der Waals surface area (Å²) < 4.78 is 0. The van der Waals surface area contributed by atoms with E-state index in [1.165, 1.54) is 18.4 Å². The molecule has 0 atom stereocenters. The Balaban J connectivity index is 1.87. The predicted octanol–water partition coefficient (Wildman–Crippen LogP) is 1.92. The molecule has 1 aromatic rings. The van der Waals surface area contributed by atoms with Crippen molar-refractivity contribution in [1.29, 1.82) is 0 Å². The molecular formula is C13H20N2.